The first-order valence-corrected chi connectivity index (χ1v) is 7.02. The number of aromatic nitrogens is 2. The van der Waals surface area contributed by atoms with E-state index in [2.05, 4.69) is 4.98 Å². The fraction of sp³-hybridized carbons (Fsp3) is 0.188. The van der Waals surface area contributed by atoms with Gasteiger partial charge in [-0.05, 0) is 24.3 Å². The summed E-state index contributed by atoms with van der Waals surface area (Å²) < 4.78 is 26.0. The molecule has 6 heteroatoms. The van der Waals surface area contributed by atoms with Crippen LogP contribution >= 0.6 is 0 Å². The largest absolute Gasteiger partial charge is 0.454 e. The van der Waals surface area contributed by atoms with Crippen molar-refractivity contribution in [2.45, 2.75) is 6.54 Å². The summed E-state index contributed by atoms with van der Waals surface area (Å²) in [5.74, 6) is 1.88. The fourth-order valence-electron chi connectivity index (χ4n) is 2.69. The van der Waals surface area contributed by atoms with Gasteiger partial charge in [0.05, 0.1) is 11.0 Å². The van der Waals surface area contributed by atoms with Crippen molar-refractivity contribution in [1.29, 1.82) is 0 Å². The summed E-state index contributed by atoms with van der Waals surface area (Å²) in [6.45, 7) is 1.32. The predicted molar refractivity (Wildman–Crippen MR) is 80.3 cm³/mol. The Balaban J connectivity index is 1.93. The molecule has 0 radical (unpaired) electrons. The van der Waals surface area contributed by atoms with Gasteiger partial charge < -0.3 is 19.8 Å². The number of nitrogens with zero attached hydrogens (tertiary/aromatic N) is 2. The second-order valence-corrected chi connectivity index (χ2v) is 5.08. The van der Waals surface area contributed by atoms with Gasteiger partial charge in [0.25, 0.3) is 0 Å². The molecule has 1 aliphatic heterocycles. The van der Waals surface area contributed by atoms with Gasteiger partial charge in [-0.1, -0.05) is 0 Å². The van der Waals surface area contributed by atoms with Crippen LogP contribution in [-0.2, 0) is 6.54 Å². The number of imidazole rings is 1. The van der Waals surface area contributed by atoms with E-state index in [4.69, 9.17) is 15.2 Å². The lowest BCUT2D eigenvalue weighted by Gasteiger charge is -2.08. The molecule has 3 aromatic rings. The topological polar surface area (TPSA) is 62.3 Å². The lowest BCUT2D eigenvalue weighted by Crippen LogP contribution is -2.10. The van der Waals surface area contributed by atoms with Gasteiger partial charge in [-0.3, -0.25) is 0 Å². The summed E-state index contributed by atoms with van der Waals surface area (Å²) in [6.07, 6.45) is 0. The van der Waals surface area contributed by atoms with E-state index in [1.165, 1.54) is 12.1 Å². The zero-order chi connectivity index (χ0) is 15.1. The number of ether oxygens (including phenoxy) is 2. The summed E-state index contributed by atoms with van der Waals surface area (Å²) in [6, 6.07) is 10.0. The van der Waals surface area contributed by atoms with Crippen molar-refractivity contribution >= 4 is 11.0 Å². The molecule has 112 valence electrons. The van der Waals surface area contributed by atoms with E-state index in [9.17, 15) is 4.39 Å². The average molecular weight is 299 g/mol. The maximum atomic E-state index is 13.1. The number of fused-ring (bicyclic) bond motifs is 2. The zero-order valence-electron chi connectivity index (χ0n) is 11.8. The van der Waals surface area contributed by atoms with Gasteiger partial charge >= 0.3 is 0 Å². The van der Waals surface area contributed by atoms with E-state index in [-0.39, 0.29) is 12.6 Å². The molecule has 1 aliphatic rings. The molecular formula is C16H14FN3O2. The summed E-state index contributed by atoms with van der Waals surface area (Å²) >= 11 is 0. The van der Waals surface area contributed by atoms with Crippen molar-refractivity contribution in [2.75, 3.05) is 13.3 Å². The highest BCUT2D eigenvalue weighted by Gasteiger charge is 2.19. The van der Waals surface area contributed by atoms with Gasteiger partial charge in [-0.2, -0.15) is 0 Å². The average Bonchev–Trinajstić information content (AvgIpc) is 3.11. The van der Waals surface area contributed by atoms with Gasteiger partial charge in [0.2, 0.25) is 6.79 Å². The van der Waals surface area contributed by atoms with E-state index in [0.29, 0.717) is 24.6 Å². The van der Waals surface area contributed by atoms with Crippen LogP contribution < -0.4 is 15.2 Å². The first kappa shape index (κ1) is 13.1. The van der Waals surface area contributed by atoms with Crippen LogP contribution in [0.2, 0.25) is 0 Å². The standard InChI is InChI=1S/C16H14FN3O2/c17-11-3-1-10(2-4-11)16-19-12-7-14-15(22-9-21-14)8-13(12)20(16)6-5-18/h1-4,7-8H,5-6,9,18H2. The van der Waals surface area contributed by atoms with E-state index in [1.807, 2.05) is 16.7 Å². The lowest BCUT2D eigenvalue weighted by atomic mass is 10.2. The molecule has 0 amide bonds. The van der Waals surface area contributed by atoms with Crippen LogP contribution in [0.3, 0.4) is 0 Å². The molecule has 0 atom stereocenters. The first-order valence-electron chi connectivity index (χ1n) is 7.02. The van der Waals surface area contributed by atoms with Crippen molar-refractivity contribution in [3.63, 3.8) is 0 Å². The second kappa shape index (κ2) is 4.99. The molecule has 4 rings (SSSR count). The third kappa shape index (κ3) is 2.00. The van der Waals surface area contributed by atoms with Gasteiger partial charge in [0.15, 0.2) is 11.5 Å². The number of halogens is 1. The van der Waals surface area contributed by atoms with Crippen LogP contribution in [0, 0.1) is 5.82 Å². The Hall–Kier alpha value is -2.60. The highest BCUT2D eigenvalue weighted by Crippen LogP contribution is 2.37. The number of rotatable bonds is 3. The highest BCUT2D eigenvalue weighted by atomic mass is 19.1. The molecular weight excluding hydrogens is 285 g/mol. The molecule has 0 aliphatic carbocycles. The van der Waals surface area contributed by atoms with Crippen LogP contribution in [0.4, 0.5) is 4.39 Å². The third-order valence-electron chi connectivity index (χ3n) is 3.70. The van der Waals surface area contributed by atoms with Gasteiger partial charge in [-0.15, -0.1) is 0 Å². The maximum Gasteiger partial charge on any atom is 0.231 e. The molecule has 0 fully saturated rings. The van der Waals surface area contributed by atoms with Crippen LogP contribution in [0.5, 0.6) is 11.5 Å². The molecule has 5 nitrogen and oxygen atoms in total. The van der Waals surface area contributed by atoms with Gasteiger partial charge in [-0.25, -0.2) is 9.37 Å². The Labute approximate surface area is 126 Å². The predicted octanol–water partition coefficient (Wildman–Crippen LogP) is 2.53. The quantitative estimate of drug-likeness (QED) is 0.807. The van der Waals surface area contributed by atoms with E-state index >= 15 is 0 Å². The Kier molecular flexibility index (Phi) is 2.97. The molecule has 0 saturated carbocycles. The monoisotopic (exact) mass is 299 g/mol. The minimum absolute atomic E-state index is 0.226. The molecule has 0 bridgehead atoms. The molecule has 2 N–H and O–H groups in total. The van der Waals surface area contributed by atoms with Gasteiger partial charge in [0.1, 0.15) is 11.6 Å². The summed E-state index contributed by atoms with van der Waals surface area (Å²) in [5, 5.41) is 0. The number of hydrogen-bond donors (Lipinski definition) is 1. The molecule has 2 heterocycles. The van der Waals surface area contributed by atoms with Crippen molar-refractivity contribution in [3.8, 4) is 22.9 Å². The molecule has 22 heavy (non-hydrogen) atoms. The normalized spacial score (nSPS) is 13.0. The Bertz CT molecular complexity index is 843. The third-order valence-corrected chi connectivity index (χ3v) is 3.70. The van der Waals surface area contributed by atoms with Crippen LogP contribution in [-0.4, -0.2) is 22.9 Å². The van der Waals surface area contributed by atoms with Crippen LogP contribution in [0.25, 0.3) is 22.4 Å². The smallest absolute Gasteiger partial charge is 0.231 e. The zero-order valence-corrected chi connectivity index (χ0v) is 11.8. The molecule has 0 spiro atoms. The molecule has 0 saturated heterocycles. The van der Waals surface area contributed by atoms with E-state index in [1.54, 1.807) is 12.1 Å². The second-order valence-electron chi connectivity index (χ2n) is 5.08. The summed E-state index contributed by atoms with van der Waals surface area (Å²) in [5.41, 5.74) is 8.30. The van der Waals surface area contributed by atoms with Crippen molar-refractivity contribution in [2.24, 2.45) is 5.73 Å². The lowest BCUT2D eigenvalue weighted by molar-refractivity contribution is 0.174. The van der Waals surface area contributed by atoms with Crippen molar-refractivity contribution < 1.29 is 13.9 Å². The molecule has 0 unspecified atom stereocenters. The Morgan fingerprint density at radius 1 is 1.14 bits per heavy atom. The maximum absolute atomic E-state index is 13.1. The van der Waals surface area contributed by atoms with E-state index in [0.717, 1.165) is 22.4 Å². The number of hydrogen-bond acceptors (Lipinski definition) is 4. The Morgan fingerprint density at radius 3 is 2.59 bits per heavy atom. The fourth-order valence-corrected chi connectivity index (χ4v) is 2.69. The van der Waals surface area contributed by atoms with Gasteiger partial charge in [0, 0.05) is 30.8 Å². The molecule has 2 aromatic carbocycles. The number of nitrogens with two attached hydrogens (primary N) is 1. The minimum Gasteiger partial charge on any atom is -0.454 e. The minimum atomic E-state index is -0.272. The highest BCUT2D eigenvalue weighted by molar-refractivity contribution is 5.84. The van der Waals surface area contributed by atoms with E-state index < -0.39 is 0 Å². The first-order chi connectivity index (χ1) is 10.8. The van der Waals surface area contributed by atoms with Crippen molar-refractivity contribution in [1.82, 2.24) is 9.55 Å². The van der Waals surface area contributed by atoms with Crippen molar-refractivity contribution in [3.05, 3.63) is 42.2 Å². The summed E-state index contributed by atoms with van der Waals surface area (Å²) in [4.78, 5) is 4.66. The summed E-state index contributed by atoms with van der Waals surface area (Å²) in [7, 11) is 0. The van der Waals surface area contributed by atoms with Crippen LogP contribution in [0.15, 0.2) is 36.4 Å². The SMILES string of the molecule is NCCn1c(-c2ccc(F)cc2)nc2cc3c(cc21)OCO3. The Morgan fingerprint density at radius 2 is 1.86 bits per heavy atom. The number of benzene rings is 2. The molecule has 1 aromatic heterocycles. The van der Waals surface area contributed by atoms with Crippen LogP contribution in [0.1, 0.15) is 0 Å².